The molecule has 32 nitrogen and oxygen atoms in total. The number of hydrogen-bond donors (Lipinski definition) is 13. The number of aryl methyl sites for hydroxylation is 2. The van der Waals surface area contributed by atoms with Crippen molar-refractivity contribution in [1.82, 2.24) is 57.5 Å². The lowest BCUT2D eigenvalue weighted by Gasteiger charge is -2.56. The highest BCUT2D eigenvalue weighted by atomic mass is 32.2. The van der Waals surface area contributed by atoms with E-state index >= 15 is 0 Å². The van der Waals surface area contributed by atoms with Gasteiger partial charge in [0, 0.05) is 31.7 Å². The maximum Gasteiger partial charge on any atom is 0.312 e. The van der Waals surface area contributed by atoms with Gasteiger partial charge in [-0.05, 0) is 185 Å². The quantitative estimate of drug-likeness (QED) is 0.0216. The second kappa shape index (κ2) is 41.8. The molecule has 0 radical (unpaired) electrons. The molecule has 1 heterocycles. The molecule has 33 heteroatoms. The monoisotopic (exact) mass is 1580 g/mol. The third kappa shape index (κ3) is 24.4. The summed E-state index contributed by atoms with van der Waals surface area (Å²) in [6.07, 6.45) is 12.7. The predicted molar refractivity (Wildman–Crippen MR) is 411 cm³/mol. The van der Waals surface area contributed by atoms with Crippen LogP contribution >= 0.6 is 0 Å². The zero-order valence-electron chi connectivity index (χ0n) is 65.7. The van der Waals surface area contributed by atoms with Gasteiger partial charge in [-0.1, -0.05) is 84.6 Å². The molecule has 1 aromatic heterocycles. The molecular weight excluding hydrogens is 1450 g/mol. The van der Waals surface area contributed by atoms with Crippen LogP contribution in [0.5, 0.6) is 5.75 Å². The van der Waals surface area contributed by atoms with Crippen molar-refractivity contribution in [2.24, 2.45) is 34.3 Å². The van der Waals surface area contributed by atoms with Crippen molar-refractivity contribution in [2.75, 3.05) is 104 Å². The SMILES string of the molecule is CN[C@H](CCCCNC(=O)COC1CCCCCc2c1nnn2CCOCCOCCOCCOCCC(=O)NCCS(=O)(=O)O)C(=O)N[C@H](C(=O)N[C@@H](CCCNC(N)=O)C(=O)N[C@@H](CO)C(=O)Nc1ccc2c(c1)[C@@]1(C)CCC[C@](C)(C(=O)NC(=O)[C@@]3(C)CCC[C@]4(C)c5cc(O)ccc5CC[C@@H]34)[C@@H]1CC2)C(C)C. The molecule has 8 rings (SSSR count). The van der Waals surface area contributed by atoms with Gasteiger partial charge in [-0.15, -0.1) is 5.10 Å². The van der Waals surface area contributed by atoms with Crippen LogP contribution in [0.3, 0.4) is 0 Å². The zero-order chi connectivity index (χ0) is 80.5. The van der Waals surface area contributed by atoms with Gasteiger partial charge in [0.25, 0.3) is 10.1 Å². The number of aliphatic hydroxyl groups is 1. The molecule has 2 saturated carbocycles. The van der Waals surface area contributed by atoms with E-state index < -0.39 is 110 Å². The predicted octanol–water partition coefficient (Wildman–Crippen LogP) is 4.05. The van der Waals surface area contributed by atoms with Crippen LogP contribution in [0.2, 0.25) is 0 Å². The number of rotatable bonds is 43. The number of fused-ring (bicyclic) bond motifs is 7. The fourth-order valence-corrected chi connectivity index (χ4v) is 17.8. The minimum absolute atomic E-state index is 0.0346. The summed E-state index contributed by atoms with van der Waals surface area (Å²) < 4.78 is 60.4. The number of aliphatic hydroxyl groups excluding tert-OH is 1. The highest BCUT2D eigenvalue weighted by Gasteiger charge is 2.59. The number of aromatic hydroxyl groups is 1. The highest BCUT2D eigenvalue weighted by molar-refractivity contribution is 7.85. The van der Waals surface area contributed by atoms with Gasteiger partial charge < -0.3 is 82.2 Å². The van der Waals surface area contributed by atoms with Crippen LogP contribution < -0.4 is 53.6 Å². The fraction of sp³-hybridized carbons (Fsp3) is 0.705. The summed E-state index contributed by atoms with van der Waals surface area (Å²) in [5.74, 6) is -4.98. The molecule has 1 unspecified atom stereocenters. The molecule has 14 N–H and O–H groups in total. The molecule has 11 atom stereocenters. The molecule has 618 valence electrons. The first-order chi connectivity index (χ1) is 52.9. The number of carbonyl (C=O) groups excluding carboxylic acids is 9. The number of nitrogens with two attached hydrogens (primary N) is 1. The van der Waals surface area contributed by atoms with Gasteiger partial charge in [0.15, 0.2) is 0 Å². The Labute approximate surface area is 651 Å². The summed E-state index contributed by atoms with van der Waals surface area (Å²) in [7, 11) is -2.52. The van der Waals surface area contributed by atoms with Crippen molar-refractivity contribution < 1.29 is 90.0 Å². The standard InChI is InChI=1S/C78H121N13O19S/c1-50(2)66(87-68(96)57(80-7)16-11-12-33-81-65(95)49-110-61-19-10-8-9-18-60-67(61)89-90-91(60)36-38-107-40-42-109-44-43-108-41-39-106-37-28-64(94)82-35-45-111(103,104)105)71(99)85-58(17-13-34-83-74(79)102)69(97)86-59(48-92)70(98)84-53-24-20-51-22-26-62-75(3,55(51)46-53)29-14-31-77(62,5)72(100)88-73(101)78(6)32-15-30-76(4)56-47-54(93)25-21-52(56)23-27-63(76)78/h20-21,24-25,46-47,50,57-59,61-63,66,80,92-93H,8-19,22-23,26-45,48-49H2,1-7H3,(H,81,95)(H,82,94)(H,84,98)(H,85,99)(H,86,97)(H,87,96)(H3,79,83,102)(H,88,100,101)(H,103,104,105)/t57-,58+,59+,61?,62-,63-,66+,75-,76-,77+,78+/m1/s1. The van der Waals surface area contributed by atoms with Crippen molar-refractivity contribution in [3.8, 4) is 5.75 Å². The number of amides is 10. The number of phenols is 1. The molecule has 0 bridgehead atoms. The van der Waals surface area contributed by atoms with Gasteiger partial charge in [-0.2, -0.15) is 8.42 Å². The second-order valence-corrected chi connectivity index (χ2v) is 33.2. The summed E-state index contributed by atoms with van der Waals surface area (Å²) in [6.45, 7) is 13.9. The van der Waals surface area contributed by atoms with E-state index in [2.05, 4.69) is 72.0 Å². The van der Waals surface area contributed by atoms with E-state index in [0.717, 1.165) is 80.2 Å². The van der Waals surface area contributed by atoms with Gasteiger partial charge in [-0.25, -0.2) is 9.48 Å². The molecule has 2 aromatic carbocycles. The zero-order valence-corrected chi connectivity index (χ0v) is 66.6. The number of nitrogens with one attached hydrogen (secondary N) is 9. The van der Waals surface area contributed by atoms with Crippen LogP contribution in [0.4, 0.5) is 10.5 Å². The van der Waals surface area contributed by atoms with E-state index in [0.29, 0.717) is 122 Å². The Balaban J connectivity index is 0.760. The van der Waals surface area contributed by atoms with Crippen LogP contribution in [-0.2, 0) is 109 Å². The maximum absolute atomic E-state index is 14.9. The summed E-state index contributed by atoms with van der Waals surface area (Å²) in [6, 6.07) is 5.71. The number of nitrogens with zero attached hydrogens (tertiary/aromatic N) is 3. The van der Waals surface area contributed by atoms with Crippen molar-refractivity contribution >= 4 is 69.1 Å². The van der Waals surface area contributed by atoms with Gasteiger partial charge in [-0.3, -0.25) is 48.2 Å². The summed E-state index contributed by atoms with van der Waals surface area (Å²) >= 11 is 0. The van der Waals surface area contributed by atoms with Gasteiger partial charge in [0.2, 0.25) is 47.3 Å². The molecule has 10 amide bonds. The Morgan fingerprint density at radius 2 is 1.20 bits per heavy atom. The normalized spacial score (nSPS) is 23.2. The minimum atomic E-state index is -4.14. The van der Waals surface area contributed by atoms with E-state index in [1.165, 1.54) is 5.56 Å². The second-order valence-electron chi connectivity index (χ2n) is 31.6. The lowest BCUT2D eigenvalue weighted by atomic mass is 9.49. The van der Waals surface area contributed by atoms with Crippen LogP contribution in [0.1, 0.15) is 197 Å². The Kier molecular flexibility index (Phi) is 33.5. The first-order valence-corrected chi connectivity index (χ1v) is 41.2. The first-order valence-electron chi connectivity index (χ1n) is 39.6. The number of benzene rings is 2. The van der Waals surface area contributed by atoms with Gasteiger partial charge in [0.1, 0.15) is 42.3 Å². The van der Waals surface area contributed by atoms with E-state index in [4.69, 9.17) is 34.0 Å². The Hall–Kier alpha value is -7.76. The molecule has 2 fully saturated rings. The number of unbranched alkanes of at least 4 members (excludes halogenated alkanes) is 1. The summed E-state index contributed by atoms with van der Waals surface area (Å²) in [5, 5.41) is 55.0. The summed E-state index contributed by atoms with van der Waals surface area (Å²) in [4.78, 5) is 123. The number of hydrogen-bond acceptors (Lipinski definition) is 21. The number of carbonyl (C=O) groups is 9. The third-order valence-electron chi connectivity index (χ3n) is 23.5. The molecule has 111 heavy (non-hydrogen) atoms. The van der Waals surface area contributed by atoms with Crippen LogP contribution in [0, 0.1) is 28.6 Å². The van der Waals surface area contributed by atoms with E-state index in [-0.39, 0.29) is 92.9 Å². The lowest BCUT2D eigenvalue weighted by Crippen LogP contribution is -2.60. The number of likely N-dealkylation sites (N-methyl/N-ethyl adjacent to an activating group) is 1. The van der Waals surface area contributed by atoms with Gasteiger partial charge >= 0.3 is 6.03 Å². The number of anilines is 1. The van der Waals surface area contributed by atoms with E-state index in [1.807, 2.05) is 42.8 Å². The molecule has 5 aliphatic rings. The van der Waals surface area contributed by atoms with Crippen LogP contribution in [0.25, 0.3) is 0 Å². The molecule has 5 aliphatic carbocycles. The largest absolute Gasteiger partial charge is 0.508 e. The average Bonchev–Trinajstić information content (AvgIpc) is 1.21. The molecule has 0 aliphatic heterocycles. The number of aromatic nitrogens is 3. The molecule has 0 spiro atoms. The number of urea groups is 1. The number of primary amides is 1. The molecular formula is C78H121N13O19S. The van der Waals surface area contributed by atoms with Crippen LogP contribution in [0.15, 0.2) is 36.4 Å². The number of imide groups is 1. The highest BCUT2D eigenvalue weighted by Crippen LogP contribution is 2.60. The third-order valence-corrected chi connectivity index (χ3v) is 24.2. The van der Waals surface area contributed by atoms with Crippen molar-refractivity contribution in [3.05, 3.63) is 70.0 Å². The smallest absolute Gasteiger partial charge is 0.312 e. The van der Waals surface area contributed by atoms with Crippen LogP contribution in [-0.4, -0.2) is 214 Å². The number of ether oxygens (including phenoxy) is 5. The van der Waals surface area contributed by atoms with E-state index in [1.54, 1.807) is 33.0 Å². The fourth-order valence-electron chi connectivity index (χ4n) is 17.4. The average molecular weight is 1580 g/mol. The molecule has 3 aromatic rings. The van der Waals surface area contributed by atoms with E-state index in [9.17, 15) is 61.8 Å². The van der Waals surface area contributed by atoms with Crippen molar-refractivity contribution in [3.63, 3.8) is 0 Å². The lowest BCUT2D eigenvalue weighted by molar-refractivity contribution is -0.150. The summed E-state index contributed by atoms with van der Waals surface area (Å²) in [5.41, 5.74) is 9.08. The van der Waals surface area contributed by atoms with Crippen molar-refractivity contribution in [1.29, 1.82) is 0 Å². The molecule has 0 saturated heterocycles. The van der Waals surface area contributed by atoms with Crippen molar-refractivity contribution in [2.45, 2.75) is 224 Å². The Bertz CT molecular complexity index is 3790. The minimum Gasteiger partial charge on any atom is -0.508 e. The first kappa shape index (κ1) is 88.8. The topological polar surface area (TPSA) is 460 Å². The maximum atomic E-state index is 14.9. The van der Waals surface area contributed by atoms with Gasteiger partial charge in [0.05, 0.1) is 94.3 Å². The number of phenolic OH excluding ortho intramolecular Hbond substituents is 1. The Morgan fingerprint density at radius 1 is 0.622 bits per heavy atom. The Morgan fingerprint density at radius 3 is 1.81 bits per heavy atom.